The number of amides is 1. The quantitative estimate of drug-likeness (QED) is 0.652. The second-order valence-electron chi connectivity index (χ2n) is 6.07. The van der Waals surface area contributed by atoms with E-state index in [1.807, 2.05) is 0 Å². The highest BCUT2D eigenvalue weighted by molar-refractivity contribution is 7.92. The van der Waals surface area contributed by atoms with Gasteiger partial charge >= 0.3 is 0 Å². The van der Waals surface area contributed by atoms with E-state index < -0.39 is 66.7 Å². The zero-order valence-electron chi connectivity index (χ0n) is 13.1. The number of sulfone groups is 1. The van der Waals surface area contributed by atoms with Crippen LogP contribution in [0.25, 0.3) is 0 Å². The molecule has 3 rings (SSSR count). The molecule has 25 heavy (non-hydrogen) atoms. The third-order valence-corrected chi connectivity index (χ3v) is 7.33. The fraction of sp³-hybridized carbons (Fsp3) is 0.538. The Kier molecular flexibility index (Phi) is 4.32. The third-order valence-electron chi connectivity index (χ3n) is 4.32. The summed E-state index contributed by atoms with van der Waals surface area (Å²) >= 11 is 0. The van der Waals surface area contributed by atoms with E-state index in [0.29, 0.717) is 12.3 Å². The van der Waals surface area contributed by atoms with E-state index in [9.17, 15) is 30.4 Å². The summed E-state index contributed by atoms with van der Waals surface area (Å²) < 4.78 is 75.6. The molecule has 0 aromatic carbocycles. The Balaban J connectivity index is 1.97. The van der Waals surface area contributed by atoms with Gasteiger partial charge in [0, 0.05) is 19.2 Å². The van der Waals surface area contributed by atoms with E-state index in [1.54, 1.807) is 0 Å². The summed E-state index contributed by atoms with van der Waals surface area (Å²) in [5, 5.41) is 0. The minimum absolute atomic E-state index is 0.107. The zero-order chi connectivity index (χ0) is 18.6. The van der Waals surface area contributed by atoms with E-state index in [4.69, 9.17) is 0 Å². The molecule has 2 atom stereocenters. The van der Waals surface area contributed by atoms with Gasteiger partial charge in [0.1, 0.15) is 5.82 Å². The molecule has 2 saturated heterocycles. The fourth-order valence-corrected chi connectivity index (χ4v) is 6.49. The molecule has 8 nitrogen and oxygen atoms in total. The van der Waals surface area contributed by atoms with Crippen LogP contribution < -0.4 is 0 Å². The summed E-state index contributed by atoms with van der Waals surface area (Å²) in [6, 6.07) is -1.36. The number of nitrogens with zero attached hydrogens (tertiary/aromatic N) is 3. The number of rotatable bonds is 2. The normalized spacial score (nSPS) is 26.4. The van der Waals surface area contributed by atoms with Gasteiger partial charge < -0.3 is 4.90 Å². The Labute approximate surface area is 143 Å². The molecule has 138 valence electrons. The lowest BCUT2D eigenvalue weighted by Gasteiger charge is -2.42. The van der Waals surface area contributed by atoms with Crippen molar-refractivity contribution in [2.75, 3.05) is 30.9 Å². The lowest BCUT2D eigenvalue weighted by atomic mass is 10.1. The van der Waals surface area contributed by atoms with Crippen molar-refractivity contribution in [1.82, 2.24) is 14.2 Å². The van der Waals surface area contributed by atoms with Crippen molar-refractivity contribution < 1.29 is 30.4 Å². The molecular formula is C13H15F2N3O5S2. The molecule has 0 aliphatic carbocycles. The number of fused-ring (bicyclic) bond motifs is 1. The second-order valence-corrected chi connectivity index (χ2v) is 10.2. The summed E-state index contributed by atoms with van der Waals surface area (Å²) in [4.78, 5) is 17.1. The highest BCUT2D eigenvalue weighted by Crippen LogP contribution is 2.29. The molecule has 0 spiro atoms. The van der Waals surface area contributed by atoms with Crippen LogP contribution in [0.3, 0.4) is 0 Å². The average Bonchev–Trinajstić information content (AvgIpc) is 2.78. The Morgan fingerprint density at radius 2 is 1.88 bits per heavy atom. The molecular weight excluding hydrogens is 380 g/mol. The maximum absolute atomic E-state index is 13.8. The number of hydrogen-bond donors (Lipinski definition) is 0. The predicted molar refractivity (Wildman–Crippen MR) is 83.0 cm³/mol. The largest absolute Gasteiger partial charge is 0.330 e. The topological polar surface area (TPSA) is 105 Å². The first-order chi connectivity index (χ1) is 11.5. The number of carbonyl (C=O) groups excluding carboxylic acids is 1. The summed E-state index contributed by atoms with van der Waals surface area (Å²) in [5.41, 5.74) is -0.628. The van der Waals surface area contributed by atoms with Crippen molar-refractivity contribution >= 4 is 25.8 Å². The Bertz CT molecular complexity index is 935. The number of aromatic nitrogens is 1. The molecule has 2 aliphatic rings. The van der Waals surface area contributed by atoms with Gasteiger partial charge in [-0.15, -0.1) is 0 Å². The first-order valence-corrected chi connectivity index (χ1v) is 11.0. The number of pyridine rings is 1. The van der Waals surface area contributed by atoms with Crippen LogP contribution >= 0.6 is 0 Å². The molecule has 1 amide bonds. The van der Waals surface area contributed by atoms with E-state index >= 15 is 0 Å². The van der Waals surface area contributed by atoms with Crippen LogP contribution in [0.15, 0.2) is 12.3 Å². The molecule has 0 saturated carbocycles. The summed E-state index contributed by atoms with van der Waals surface area (Å²) in [6.07, 6.45) is 1.65. The number of sulfonamides is 1. The minimum Gasteiger partial charge on any atom is -0.330 e. The number of hydrogen-bond acceptors (Lipinski definition) is 6. The van der Waals surface area contributed by atoms with Crippen LogP contribution in [-0.2, 0) is 19.9 Å². The van der Waals surface area contributed by atoms with Crippen LogP contribution in [0.2, 0.25) is 0 Å². The number of carbonyl (C=O) groups is 1. The van der Waals surface area contributed by atoms with E-state index in [1.165, 1.54) is 0 Å². The standard InChI is InChI=1S/C13H15F2N3O5S2/c1-24(20,21)18-3-2-17(10-6-25(22,23)7-11(10)18)13(19)12-9(15)4-8(14)5-16-12/h4-5,10-11H,2-3,6-7H2,1H3/t10-,11+/m0/s1. The molecule has 1 aromatic rings. The van der Waals surface area contributed by atoms with Gasteiger partial charge in [-0.1, -0.05) is 0 Å². The Morgan fingerprint density at radius 3 is 2.48 bits per heavy atom. The Morgan fingerprint density at radius 1 is 1.24 bits per heavy atom. The van der Waals surface area contributed by atoms with Gasteiger partial charge in [-0.3, -0.25) is 4.79 Å². The maximum Gasteiger partial charge on any atom is 0.275 e. The van der Waals surface area contributed by atoms with Crippen LogP contribution in [0.4, 0.5) is 8.78 Å². The van der Waals surface area contributed by atoms with Gasteiger partial charge in [-0.2, -0.15) is 4.31 Å². The second kappa shape index (κ2) is 5.95. The summed E-state index contributed by atoms with van der Waals surface area (Å²) in [6.45, 7) is -0.217. The highest BCUT2D eigenvalue weighted by Gasteiger charge is 2.51. The van der Waals surface area contributed by atoms with Crippen molar-refractivity contribution in [3.63, 3.8) is 0 Å². The molecule has 0 N–H and O–H groups in total. The van der Waals surface area contributed by atoms with Crippen LogP contribution in [0.1, 0.15) is 10.5 Å². The van der Waals surface area contributed by atoms with E-state index in [-0.39, 0.29) is 13.1 Å². The van der Waals surface area contributed by atoms with E-state index in [2.05, 4.69) is 4.98 Å². The van der Waals surface area contributed by atoms with Crippen molar-refractivity contribution in [2.45, 2.75) is 12.1 Å². The van der Waals surface area contributed by atoms with Crippen LogP contribution in [0, 0.1) is 11.6 Å². The number of halogens is 2. The SMILES string of the molecule is CS(=O)(=O)N1CCN(C(=O)c2ncc(F)cc2F)[C@H]2CS(=O)(=O)C[C@H]21. The minimum atomic E-state index is -3.67. The summed E-state index contributed by atoms with van der Waals surface area (Å²) in [7, 11) is -7.23. The van der Waals surface area contributed by atoms with Crippen LogP contribution in [-0.4, -0.2) is 79.9 Å². The average molecular weight is 395 g/mol. The maximum atomic E-state index is 13.8. The molecule has 0 bridgehead atoms. The Hall–Kier alpha value is -1.66. The van der Waals surface area contributed by atoms with Gasteiger partial charge in [0.2, 0.25) is 10.0 Å². The van der Waals surface area contributed by atoms with Crippen molar-refractivity contribution in [3.05, 3.63) is 29.6 Å². The van der Waals surface area contributed by atoms with Crippen molar-refractivity contribution in [1.29, 1.82) is 0 Å². The molecule has 1 aromatic heterocycles. The first-order valence-electron chi connectivity index (χ1n) is 7.29. The third kappa shape index (κ3) is 3.37. The molecule has 2 aliphatic heterocycles. The smallest absolute Gasteiger partial charge is 0.275 e. The fourth-order valence-electron chi connectivity index (χ4n) is 3.29. The zero-order valence-corrected chi connectivity index (χ0v) is 14.7. The molecule has 2 fully saturated rings. The van der Waals surface area contributed by atoms with Crippen LogP contribution in [0.5, 0.6) is 0 Å². The predicted octanol–water partition coefficient (Wildman–Crippen LogP) is -0.757. The molecule has 0 unspecified atom stereocenters. The first kappa shape index (κ1) is 18.1. The van der Waals surface area contributed by atoms with Gasteiger partial charge in [0.25, 0.3) is 5.91 Å². The lowest BCUT2D eigenvalue weighted by molar-refractivity contribution is 0.0505. The van der Waals surface area contributed by atoms with Crippen molar-refractivity contribution in [2.24, 2.45) is 0 Å². The lowest BCUT2D eigenvalue weighted by Crippen LogP contribution is -2.61. The molecule has 12 heteroatoms. The summed E-state index contributed by atoms with van der Waals surface area (Å²) in [5.74, 6) is -3.82. The molecule has 3 heterocycles. The van der Waals surface area contributed by atoms with Gasteiger partial charge in [0.15, 0.2) is 21.3 Å². The number of piperazine rings is 1. The molecule has 0 radical (unpaired) electrons. The van der Waals surface area contributed by atoms with Gasteiger partial charge in [-0.05, 0) is 0 Å². The van der Waals surface area contributed by atoms with E-state index in [0.717, 1.165) is 15.5 Å². The van der Waals surface area contributed by atoms with Crippen molar-refractivity contribution in [3.8, 4) is 0 Å². The highest BCUT2D eigenvalue weighted by atomic mass is 32.2. The van der Waals surface area contributed by atoms with Gasteiger partial charge in [-0.25, -0.2) is 30.6 Å². The van der Waals surface area contributed by atoms with Gasteiger partial charge in [0.05, 0.1) is 36.0 Å². The monoisotopic (exact) mass is 395 g/mol.